The van der Waals surface area contributed by atoms with Gasteiger partial charge in [0.05, 0.1) is 0 Å². The fourth-order valence-electron chi connectivity index (χ4n) is 2.22. The molecule has 1 aromatic rings. The van der Waals surface area contributed by atoms with Gasteiger partial charge in [0.1, 0.15) is 0 Å². The van der Waals surface area contributed by atoms with Crippen LogP contribution in [0.5, 0.6) is 0 Å². The number of aromatic nitrogens is 1. The van der Waals surface area contributed by atoms with Gasteiger partial charge in [0.2, 0.25) is 0 Å². The second-order valence-corrected chi connectivity index (χ2v) is 6.25. The maximum atomic E-state index is 5.64. The molecule has 1 saturated heterocycles. The first kappa shape index (κ1) is 11.9. The zero-order chi connectivity index (χ0) is 11.6. The highest BCUT2D eigenvalue weighted by atomic mass is 32.1. The average Bonchev–Trinajstić information content (AvgIpc) is 2.68. The van der Waals surface area contributed by atoms with E-state index in [4.69, 9.17) is 5.73 Å². The number of piperidine rings is 1. The predicted molar refractivity (Wildman–Crippen MR) is 69.4 cm³/mol. The summed E-state index contributed by atoms with van der Waals surface area (Å²) in [5, 5.41) is 0.686. The number of hydrogen-bond acceptors (Lipinski definition) is 4. The molecule has 0 bridgehead atoms. The summed E-state index contributed by atoms with van der Waals surface area (Å²) in [6.07, 6.45) is 5.84. The normalized spacial score (nSPS) is 21.1. The summed E-state index contributed by atoms with van der Waals surface area (Å²) < 4.78 is 0. The fourth-order valence-corrected chi connectivity index (χ4v) is 2.95. The number of nitrogens with two attached hydrogens (primary N) is 1. The molecule has 0 amide bonds. The molecule has 1 fully saturated rings. The highest BCUT2D eigenvalue weighted by Crippen LogP contribution is 2.34. The van der Waals surface area contributed by atoms with Crippen LogP contribution in [0.4, 0.5) is 5.13 Å². The van der Waals surface area contributed by atoms with Crippen molar-refractivity contribution in [2.75, 3.05) is 18.8 Å². The molecular formula is C12H21N3S. The van der Waals surface area contributed by atoms with Crippen LogP contribution in [0.2, 0.25) is 0 Å². The first-order valence-electron chi connectivity index (χ1n) is 6.04. The molecule has 0 saturated carbocycles. The van der Waals surface area contributed by atoms with Crippen molar-refractivity contribution in [2.45, 2.75) is 39.7 Å². The van der Waals surface area contributed by atoms with Gasteiger partial charge in [0.25, 0.3) is 0 Å². The van der Waals surface area contributed by atoms with E-state index >= 15 is 0 Å². The van der Waals surface area contributed by atoms with Crippen LogP contribution in [0, 0.1) is 5.41 Å². The number of nitrogens with zero attached hydrogens (tertiary/aromatic N) is 2. The summed E-state index contributed by atoms with van der Waals surface area (Å²) in [7, 11) is 0. The van der Waals surface area contributed by atoms with Crippen molar-refractivity contribution in [3.63, 3.8) is 0 Å². The minimum Gasteiger partial charge on any atom is -0.375 e. The molecule has 0 unspecified atom stereocenters. The first-order valence-corrected chi connectivity index (χ1v) is 6.85. The number of anilines is 1. The molecule has 16 heavy (non-hydrogen) atoms. The van der Waals surface area contributed by atoms with Gasteiger partial charge < -0.3 is 5.73 Å². The lowest BCUT2D eigenvalue weighted by Crippen LogP contribution is -2.37. The molecule has 1 aliphatic rings. The quantitative estimate of drug-likeness (QED) is 0.882. The average molecular weight is 239 g/mol. The fraction of sp³-hybridized carbons (Fsp3) is 0.750. The summed E-state index contributed by atoms with van der Waals surface area (Å²) >= 11 is 1.61. The molecule has 3 nitrogen and oxygen atoms in total. The lowest BCUT2D eigenvalue weighted by Gasteiger charge is -2.38. The van der Waals surface area contributed by atoms with Gasteiger partial charge in [-0.25, -0.2) is 4.98 Å². The highest BCUT2D eigenvalue weighted by Gasteiger charge is 2.28. The van der Waals surface area contributed by atoms with Gasteiger partial charge in [-0.3, -0.25) is 4.90 Å². The number of hydrogen-bond donors (Lipinski definition) is 1. The van der Waals surface area contributed by atoms with E-state index in [1.807, 2.05) is 6.20 Å². The van der Waals surface area contributed by atoms with Crippen molar-refractivity contribution >= 4 is 16.5 Å². The van der Waals surface area contributed by atoms with E-state index in [0.717, 1.165) is 6.54 Å². The molecule has 1 aliphatic heterocycles. The van der Waals surface area contributed by atoms with Crippen molar-refractivity contribution in [1.29, 1.82) is 0 Å². The van der Waals surface area contributed by atoms with Crippen molar-refractivity contribution in [3.8, 4) is 0 Å². The maximum absolute atomic E-state index is 5.64. The Morgan fingerprint density at radius 1 is 1.50 bits per heavy atom. The minimum atomic E-state index is 0.573. The first-order chi connectivity index (χ1) is 7.61. The van der Waals surface area contributed by atoms with Crippen LogP contribution >= 0.6 is 11.3 Å². The molecule has 1 aromatic heterocycles. The third-order valence-corrected chi connectivity index (χ3v) is 4.68. The SMILES string of the molecule is CCC1(C)CCN(Cc2cnc(N)s2)CC1. The Balaban J connectivity index is 1.86. The summed E-state index contributed by atoms with van der Waals surface area (Å²) in [5.74, 6) is 0. The summed E-state index contributed by atoms with van der Waals surface area (Å²) in [6.45, 7) is 8.16. The lowest BCUT2D eigenvalue weighted by molar-refractivity contribution is 0.110. The second-order valence-electron chi connectivity index (χ2n) is 5.11. The minimum absolute atomic E-state index is 0.573. The van der Waals surface area contributed by atoms with Gasteiger partial charge in [-0.15, -0.1) is 11.3 Å². The van der Waals surface area contributed by atoms with Gasteiger partial charge in [-0.05, 0) is 31.3 Å². The third-order valence-electron chi connectivity index (χ3n) is 3.87. The lowest BCUT2D eigenvalue weighted by atomic mass is 9.78. The van der Waals surface area contributed by atoms with E-state index in [-0.39, 0.29) is 0 Å². The molecule has 4 heteroatoms. The number of likely N-dealkylation sites (tertiary alicyclic amines) is 1. The Bertz CT molecular complexity index is 340. The molecule has 2 rings (SSSR count). The molecule has 0 radical (unpaired) electrons. The smallest absolute Gasteiger partial charge is 0.180 e. The van der Waals surface area contributed by atoms with E-state index in [2.05, 4.69) is 23.7 Å². The number of rotatable bonds is 3. The zero-order valence-corrected chi connectivity index (χ0v) is 11.0. The van der Waals surface area contributed by atoms with E-state index in [9.17, 15) is 0 Å². The van der Waals surface area contributed by atoms with Crippen LogP contribution < -0.4 is 5.73 Å². The summed E-state index contributed by atoms with van der Waals surface area (Å²) in [4.78, 5) is 7.90. The van der Waals surface area contributed by atoms with Gasteiger partial charge in [0.15, 0.2) is 5.13 Å². The van der Waals surface area contributed by atoms with Crippen molar-refractivity contribution in [3.05, 3.63) is 11.1 Å². The predicted octanol–water partition coefficient (Wildman–Crippen LogP) is 2.74. The van der Waals surface area contributed by atoms with Crippen LogP contribution in [-0.4, -0.2) is 23.0 Å². The number of nitrogen functional groups attached to an aromatic ring is 1. The number of thiazole rings is 1. The maximum Gasteiger partial charge on any atom is 0.180 e. The Morgan fingerprint density at radius 3 is 2.69 bits per heavy atom. The van der Waals surface area contributed by atoms with Crippen molar-refractivity contribution in [2.24, 2.45) is 5.41 Å². The third kappa shape index (κ3) is 2.74. The largest absolute Gasteiger partial charge is 0.375 e. The highest BCUT2D eigenvalue weighted by molar-refractivity contribution is 7.15. The second kappa shape index (κ2) is 4.72. The van der Waals surface area contributed by atoms with Crippen LogP contribution in [0.3, 0.4) is 0 Å². The monoisotopic (exact) mass is 239 g/mol. The van der Waals surface area contributed by atoms with Gasteiger partial charge in [-0.1, -0.05) is 20.3 Å². The standard InChI is InChI=1S/C12H21N3S/c1-3-12(2)4-6-15(7-5-12)9-10-8-14-11(13)16-10/h8H,3-7,9H2,1-2H3,(H2,13,14). The van der Waals surface area contributed by atoms with E-state index in [1.165, 1.54) is 37.2 Å². The van der Waals surface area contributed by atoms with Crippen LogP contribution in [0.1, 0.15) is 38.0 Å². The van der Waals surface area contributed by atoms with E-state index in [1.54, 1.807) is 11.3 Å². The van der Waals surface area contributed by atoms with Gasteiger partial charge in [0, 0.05) is 17.6 Å². The van der Waals surface area contributed by atoms with Crippen molar-refractivity contribution < 1.29 is 0 Å². The van der Waals surface area contributed by atoms with Crippen LogP contribution in [-0.2, 0) is 6.54 Å². The topological polar surface area (TPSA) is 42.2 Å². The molecule has 0 atom stereocenters. The molecule has 90 valence electrons. The van der Waals surface area contributed by atoms with E-state index < -0.39 is 0 Å². The Morgan fingerprint density at radius 2 is 2.19 bits per heavy atom. The summed E-state index contributed by atoms with van der Waals surface area (Å²) in [5.41, 5.74) is 6.21. The van der Waals surface area contributed by atoms with Gasteiger partial charge >= 0.3 is 0 Å². The van der Waals surface area contributed by atoms with Crippen molar-refractivity contribution in [1.82, 2.24) is 9.88 Å². The molecular weight excluding hydrogens is 218 g/mol. The molecule has 2 N–H and O–H groups in total. The van der Waals surface area contributed by atoms with Gasteiger partial charge in [-0.2, -0.15) is 0 Å². The van der Waals surface area contributed by atoms with E-state index in [0.29, 0.717) is 10.5 Å². The Labute approximate surface area is 102 Å². The Hall–Kier alpha value is -0.610. The van der Waals surface area contributed by atoms with Crippen LogP contribution in [0.15, 0.2) is 6.20 Å². The molecule has 0 spiro atoms. The zero-order valence-electron chi connectivity index (χ0n) is 10.2. The molecule has 0 aliphatic carbocycles. The summed E-state index contributed by atoms with van der Waals surface area (Å²) in [6, 6.07) is 0. The van der Waals surface area contributed by atoms with Crippen LogP contribution in [0.25, 0.3) is 0 Å². The molecule has 0 aromatic carbocycles. The molecule has 2 heterocycles. The Kier molecular flexibility index (Phi) is 3.50.